The van der Waals surface area contributed by atoms with Crippen LogP contribution in [0.5, 0.6) is 0 Å². The molecule has 84 valence electrons. The normalized spacial score (nSPS) is 27.4. The fraction of sp³-hybridized carbons (Fsp3) is 0.727. The predicted octanol–water partition coefficient (Wildman–Crippen LogP) is 1.47. The monoisotopic (exact) mass is 209 g/mol. The minimum Gasteiger partial charge on any atom is -0.364 e. The number of nitrogens with two attached hydrogens (primary N) is 1. The fourth-order valence-electron chi connectivity index (χ4n) is 2.43. The van der Waals surface area contributed by atoms with Gasteiger partial charge >= 0.3 is 0 Å². The number of rotatable bonds is 3. The maximum absolute atomic E-state index is 6.15. The fourth-order valence-corrected chi connectivity index (χ4v) is 2.43. The van der Waals surface area contributed by atoms with Gasteiger partial charge in [-0.05, 0) is 26.3 Å². The summed E-state index contributed by atoms with van der Waals surface area (Å²) in [6.45, 7) is 6.36. The highest BCUT2D eigenvalue weighted by Crippen LogP contribution is 2.32. The number of hydrogen-bond donors (Lipinski definition) is 1. The number of hydrogen-bond acceptors (Lipinski definition) is 4. The zero-order valence-electron chi connectivity index (χ0n) is 9.44. The molecule has 1 aromatic heterocycles. The minimum atomic E-state index is 0.217. The molecule has 0 aliphatic carbocycles. The summed E-state index contributed by atoms with van der Waals surface area (Å²) in [5, 5.41) is 3.93. The van der Waals surface area contributed by atoms with E-state index in [-0.39, 0.29) is 6.04 Å². The lowest BCUT2D eigenvalue weighted by atomic mass is 10.0. The van der Waals surface area contributed by atoms with Crippen LogP contribution in [0.1, 0.15) is 37.1 Å². The molecule has 0 radical (unpaired) electrons. The number of aromatic nitrogens is 1. The van der Waals surface area contributed by atoms with Crippen LogP contribution >= 0.6 is 0 Å². The van der Waals surface area contributed by atoms with Crippen LogP contribution < -0.4 is 5.73 Å². The molecular formula is C11H19N3O. The molecule has 1 aliphatic heterocycles. The Hall–Kier alpha value is -0.870. The first-order valence-electron chi connectivity index (χ1n) is 5.64. The minimum absolute atomic E-state index is 0.217. The van der Waals surface area contributed by atoms with Crippen molar-refractivity contribution < 1.29 is 4.52 Å². The molecular weight excluding hydrogens is 190 g/mol. The van der Waals surface area contributed by atoms with E-state index in [1.807, 2.05) is 6.92 Å². The molecule has 2 N–H and O–H groups in total. The average Bonchev–Trinajstić information content (AvgIpc) is 2.75. The topological polar surface area (TPSA) is 55.3 Å². The van der Waals surface area contributed by atoms with E-state index in [1.54, 1.807) is 6.26 Å². The number of likely N-dealkylation sites (tertiary alicyclic amines) is 1. The maximum Gasteiger partial charge on any atom is 0.128 e. The lowest BCUT2D eigenvalue weighted by molar-refractivity contribution is 0.246. The lowest BCUT2D eigenvalue weighted by Crippen LogP contribution is -2.32. The SMILES string of the molecule is CCCN1CC[C@@H](N)[C@@H]1c1conc1C. The van der Waals surface area contributed by atoms with Crippen molar-refractivity contribution in [1.29, 1.82) is 0 Å². The van der Waals surface area contributed by atoms with E-state index >= 15 is 0 Å². The molecule has 0 amide bonds. The van der Waals surface area contributed by atoms with Crippen LogP contribution in [0.25, 0.3) is 0 Å². The Kier molecular flexibility index (Phi) is 3.07. The summed E-state index contributed by atoms with van der Waals surface area (Å²) in [5.41, 5.74) is 8.28. The molecule has 1 aliphatic rings. The van der Waals surface area contributed by atoms with Gasteiger partial charge in [0.1, 0.15) is 6.26 Å². The highest BCUT2D eigenvalue weighted by molar-refractivity contribution is 5.21. The Morgan fingerprint density at radius 3 is 3.07 bits per heavy atom. The molecule has 0 unspecified atom stereocenters. The standard InChI is InChI=1S/C11H19N3O/c1-3-5-14-6-4-10(12)11(14)9-7-15-13-8(9)2/h7,10-11H,3-6,12H2,1-2H3/t10-,11+/m1/s1. The van der Waals surface area contributed by atoms with Gasteiger partial charge in [-0.25, -0.2) is 0 Å². The van der Waals surface area contributed by atoms with Crippen molar-refractivity contribution >= 4 is 0 Å². The third kappa shape index (κ3) is 1.92. The van der Waals surface area contributed by atoms with Crippen LogP contribution in [-0.2, 0) is 0 Å². The van der Waals surface area contributed by atoms with E-state index in [0.29, 0.717) is 6.04 Å². The van der Waals surface area contributed by atoms with Crippen LogP contribution in [0.15, 0.2) is 10.8 Å². The largest absolute Gasteiger partial charge is 0.364 e. The van der Waals surface area contributed by atoms with E-state index in [0.717, 1.165) is 37.2 Å². The van der Waals surface area contributed by atoms with Crippen molar-refractivity contribution in [2.75, 3.05) is 13.1 Å². The molecule has 4 heteroatoms. The Labute approximate surface area is 90.4 Å². The highest BCUT2D eigenvalue weighted by Gasteiger charge is 2.34. The third-order valence-electron chi connectivity index (χ3n) is 3.17. The second-order valence-electron chi connectivity index (χ2n) is 4.29. The summed E-state index contributed by atoms with van der Waals surface area (Å²) in [5.74, 6) is 0. The summed E-state index contributed by atoms with van der Waals surface area (Å²) in [7, 11) is 0. The van der Waals surface area contributed by atoms with Gasteiger partial charge in [-0.3, -0.25) is 4.90 Å². The molecule has 1 aromatic rings. The van der Waals surface area contributed by atoms with Crippen LogP contribution in [0, 0.1) is 6.92 Å². The first-order valence-corrected chi connectivity index (χ1v) is 5.64. The zero-order chi connectivity index (χ0) is 10.8. The molecule has 1 saturated heterocycles. The molecule has 0 bridgehead atoms. The van der Waals surface area contributed by atoms with Gasteiger partial charge in [0.15, 0.2) is 0 Å². The Morgan fingerprint density at radius 1 is 1.67 bits per heavy atom. The molecule has 0 spiro atoms. The molecule has 2 rings (SSSR count). The summed E-state index contributed by atoms with van der Waals surface area (Å²) >= 11 is 0. The van der Waals surface area contributed by atoms with Crippen molar-refractivity contribution in [3.05, 3.63) is 17.5 Å². The van der Waals surface area contributed by atoms with Gasteiger partial charge in [-0.1, -0.05) is 12.1 Å². The Balaban J connectivity index is 2.21. The maximum atomic E-state index is 6.15. The van der Waals surface area contributed by atoms with Gasteiger partial charge in [-0.2, -0.15) is 0 Å². The third-order valence-corrected chi connectivity index (χ3v) is 3.17. The first-order chi connectivity index (χ1) is 7.24. The first kappa shape index (κ1) is 10.6. The van der Waals surface area contributed by atoms with Gasteiger partial charge < -0.3 is 10.3 Å². The van der Waals surface area contributed by atoms with Crippen molar-refractivity contribution in [2.24, 2.45) is 5.73 Å². The Morgan fingerprint density at radius 2 is 2.47 bits per heavy atom. The Bertz CT molecular complexity index is 321. The van der Waals surface area contributed by atoms with Gasteiger partial charge in [-0.15, -0.1) is 0 Å². The molecule has 2 heterocycles. The second-order valence-corrected chi connectivity index (χ2v) is 4.29. The van der Waals surface area contributed by atoms with Crippen LogP contribution in [0.2, 0.25) is 0 Å². The van der Waals surface area contributed by atoms with E-state index in [2.05, 4.69) is 17.0 Å². The second kappa shape index (κ2) is 4.33. The number of aryl methyl sites for hydroxylation is 1. The van der Waals surface area contributed by atoms with Crippen molar-refractivity contribution in [3.8, 4) is 0 Å². The van der Waals surface area contributed by atoms with Crippen LogP contribution in [0.3, 0.4) is 0 Å². The van der Waals surface area contributed by atoms with E-state index < -0.39 is 0 Å². The zero-order valence-corrected chi connectivity index (χ0v) is 9.44. The molecule has 2 atom stereocenters. The van der Waals surface area contributed by atoms with Gasteiger partial charge in [0, 0.05) is 18.2 Å². The molecule has 4 nitrogen and oxygen atoms in total. The molecule has 1 fully saturated rings. The van der Waals surface area contributed by atoms with Gasteiger partial charge in [0.2, 0.25) is 0 Å². The summed E-state index contributed by atoms with van der Waals surface area (Å²) < 4.78 is 5.00. The predicted molar refractivity (Wildman–Crippen MR) is 58.4 cm³/mol. The van der Waals surface area contributed by atoms with E-state index in [9.17, 15) is 0 Å². The van der Waals surface area contributed by atoms with Crippen LogP contribution in [0.4, 0.5) is 0 Å². The summed E-state index contributed by atoms with van der Waals surface area (Å²) in [4.78, 5) is 2.43. The number of nitrogens with zero attached hydrogens (tertiary/aromatic N) is 2. The van der Waals surface area contributed by atoms with E-state index in [1.165, 1.54) is 0 Å². The van der Waals surface area contributed by atoms with Crippen LogP contribution in [-0.4, -0.2) is 29.2 Å². The quantitative estimate of drug-likeness (QED) is 0.819. The van der Waals surface area contributed by atoms with Crippen molar-refractivity contribution in [2.45, 2.75) is 38.8 Å². The van der Waals surface area contributed by atoms with E-state index in [4.69, 9.17) is 10.3 Å². The highest BCUT2D eigenvalue weighted by atomic mass is 16.5. The molecule has 0 saturated carbocycles. The molecule has 0 aromatic carbocycles. The van der Waals surface area contributed by atoms with Crippen molar-refractivity contribution in [3.63, 3.8) is 0 Å². The van der Waals surface area contributed by atoms with Gasteiger partial charge in [0.05, 0.1) is 11.7 Å². The van der Waals surface area contributed by atoms with Gasteiger partial charge in [0.25, 0.3) is 0 Å². The summed E-state index contributed by atoms with van der Waals surface area (Å²) in [6, 6.07) is 0.519. The molecule has 15 heavy (non-hydrogen) atoms. The van der Waals surface area contributed by atoms with Crippen molar-refractivity contribution in [1.82, 2.24) is 10.1 Å². The summed E-state index contributed by atoms with van der Waals surface area (Å²) in [6.07, 6.45) is 3.97. The lowest BCUT2D eigenvalue weighted by Gasteiger charge is -2.25. The smallest absolute Gasteiger partial charge is 0.128 e. The average molecular weight is 209 g/mol.